The predicted molar refractivity (Wildman–Crippen MR) is 96.2 cm³/mol. The second-order valence-corrected chi connectivity index (χ2v) is 6.20. The van der Waals surface area contributed by atoms with Crippen LogP contribution >= 0.6 is 0 Å². The molecule has 0 bridgehead atoms. The maximum Gasteiger partial charge on any atom is 0.366 e. The number of nitrogens with zero attached hydrogens (tertiary/aromatic N) is 2. The minimum absolute atomic E-state index is 0.0294. The molecule has 2 aromatic carbocycles. The van der Waals surface area contributed by atoms with Crippen LogP contribution in [0.4, 0.5) is 10.5 Å². The van der Waals surface area contributed by atoms with E-state index in [0.717, 1.165) is 5.56 Å². The van der Waals surface area contributed by atoms with Crippen LogP contribution < -0.4 is 5.32 Å². The summed E-state index contributed by atoms with van der Waals surface area (Å²) in [6.45, 7) is 1.76. The highest BCUT2D eigenvalue weighted by Gasteiger charge is 2.39. The van der Waals surface area contributed by atoms with E-state index in [1.165, 1.54) is 23.1 Å². The van der Waals surface area contributed by atoms with Crippen LogP contribution in [0.1, 0.15) is 36.6 Å². The van der Waals surface area contributed by atoms with Gasteiger partial charge in [-0.2, -0.15) is 0 Å². The van der Waals surface area contributed by atoms with Crippen molar-refractivity contribution in [2.45, 2.75) is 6.92 Å². The zero-order valence-corrected chi connectivity index (χ0v) is 15.0. The summed E-state index contributed by atoms with van der Waals surface area (Å²) in [6, 6.07) is 10.5. The van der Waals surface area contributed by atoms with Gasteiger partial charge in [0, 0.05) is 14.1 Å². The van der Waals surface area contributed by atoms with Crippen LogP contribution in [0.5, 0.6) is 0 Å². The molecule has 0 aromatic heterocycles. The monoisotopic (exact) mass is 367 g/mol. The number of carbonyl (C=O) groups is 4. The third kappa shape index (κ3) is 3.37. The molecule has 1 heterocycles. The van der Waals surface area contributed by atoms with E-state index in [1.54, 1.807) is 45.3 Å². The molecule has 0 aliphatic carbocycles. The molecule has 0 fully saturated rings. The molecule has 0 radical (unpaired) electrons. The number of anilines is 1. The molecule has 138 valence electrons. The molecule has 0 spiro atoms. The van der Waals surface area contributed by atoms with Crippen LogP contribution in [0.3, 0.4) is 0 Å². The number of hydroxylamine groups is 2. The molecule has 1 N–H and O–H groups in total. The Labute approximate surface area is 155 Å². The van der Waals surface area contributed by atoms with Crippen LogP contribution in [0, 0.1) is 6.92 Å². The molecule has 3 rings (SSSR count). The SMILES string of the molecule is Cc1ccc(NC(=O)N(C)C)c(C(=O)ON2C(=O)c3ccccc3C2=O)c1. The lowest BCUT2D eigenvalue weighted by atomic mass is 10.1. The Kier molecular flexibility index (Phi) is 4.64. The fourth-order valence-electron chi connectivity index (χ4n) is 2.55. The topological polar surface area (TPSA) is 96.0 Å². The third-order valence-corrected chi connectivity index (χ3v) is 3.97. The number of aryl methyl sites for hydroxylation is 1. The lowest BCUT2D eigenvalue weighted by Gasteiger charge is -2.17. The average molecular weight is 367 g/mol. The van der Waals surface area contributed by atoms with E-state index in [0.29, 0.717) is 5.06 Å². The maximum atomic E-state index is 12.6. The molecule has 1 aliphatic heterocycles. The zero-order chi connectivity index (χ0) is 19.7. The Morgan fingerprint density at radius 1 is 1.00 bits per heavy atom. The number of amides is 4. The van der Waals surface area contributed by atoms with Crippen LogP contribution in [-0.2, 0) is 4.84 Å². The molecule has 1 aliphatic rings. The highest BCUT2D eigenvalue weighted by atomic mass is 16.7. The first-order chi connectivity index (χ1) is 12.8. The van der Waals surface area contributed by atoms with Gasteiger partial charge in [0.15, 0.2) is 0 Å². The summed E-state index contributed by atoms with van der Waals surface area (Å²) in [4.78, 5) is 55.6. The number of benzene rings is 2. The van der Waals surface area contributed by atoms with E-state index in [9.17, 15) is 19.2 Å². The second kappa shape index (κ2) is 6.91. The van der Waals surface area contributed by atoms with Crippen molar-refractivity contribution in [3.63, 3.8) is 0 Å². The Morgan fingerprint density at radius 2 is 1.59 bits per heavy atom. The summed E-state index contributed by atoms with van der Waals surface area (Å²) < 4.78 is 0. The average Bonchev–Trinajstić information content (AvgIpc) is 2.88. The summed E-state index contributed by atoms with van der Waals surface area (Å²) in [5.74, 6) is -2.35. The normalized spacial score (nSPS) is 12.6. The summed E-state index contributed by atoms with van der Waals surface area (Å²) in [5.41, 5.74) is 1.32. The van der Waals surface area contributed by atoms with Crippen molar-refractivity contribution < 1.29 is 24.0 Å². The minimum atomic E-state index is -0.928. The van der Waals surface area contributed by atoms with Crippen LogP contribution in [0.15, 0.2) is 42.5 Å². The number of imide groups is 1. The highest BCUT2D eigenvalue weighted by molar-refractivity contribution is 6.21. The fourth-order valence-corrected chi connectivity index (χ4v) is 2.55. The first-order valence-corrected chi connectivity index (χ1v) is 8.08. The standard InChI is InChI=1S/C19H17N3O5/c1-11-8-9-15(20-19(26)21(2)3)14(10-11)18(25)27-22-16(23)12-6-4-5-7-13(12)17(22)24/h4-10H,1-3H3,(H,20,26). The van der Waals surface area contributed by atoms with E-state index in [2.05, 4.69) is 5.32 Å². The molecule has 4 amide bonds. The molecule has 0 saturated carbocycles. The Bertz CT molecular complexity index is 933. The van der Waals surface area contributed by atoms with Crippen LogP contribution in [0.25, 0.3) is 0 Å². The molecule has 8 nitrogen and oxygen atoms in total. The van der Waals surface area contributed by atoms with E-state index < -0.39 is 23.8 Å². The van der Waals surface area contributed by atoms with E-state index in [-0.39, 0.29) is 22.4 Å². The van der Waals surface area contributed by atoms with Crippen molar-refractivity contribution in [2.24, 2.45) is 0 Å². The number of hydrogen-bond donors (Lipinski definition) is 1. The lowest BCUT2D eigenvalue weighted by Crippen LogP contribution is -2.33. The summed E-state index contributed by atoms with van der Waals surface area (Å²) in [5, 5.41) is 3.02. The van der Waals surface area contributed by atoms with Crippen molar-refractivity contribution in [1.29, 1.82) is 0 Å². The highest BCUT2D eigenvalue weighted by Crippen LogP contribution is 2.25. The third-order valence-electron chi connectivity index (χ3n) is 3.97. The van der Waals surface area contributed by atoms with Gasteiger partial charge in [-0.25, -0.2) is 9.59 Å². The molecule has 0 atom stereocenters. The van der Waals surface area contributed by atoms with Crippen molar-refractivity contribution in [3.8, 4) is 0 Å². The minimum Gasteiger partial charge on any atom is -0.331 e. The molecule has 2 aromatic rings. The van der Waals surface area contributed by atoms with E-state index in [1.807, 2.05) is 0 Å². The molecular formula is C19H17N3O5. The molecule has 27 heavy (non-hydrogen) atoms. The van der Waals surface area contributed by atoms with Gasteiger partial charge in [-0.3, -0.25) is 9.59 Å². The second-order valence-electron chi connectivity index (χ2n) is 6.20. The van der Waals surface area contributed by atoms with Crippen molar-refractivity contribution in [2.75, 3.05) is 19.4 Å². The first-order valence-electron chi connectivity index (χ1n) is 8.08. The van der Waals surface area contributed by atoms with Crippen molar-refractivity contribution in [3.05, 3.63) is 64.7 Å². The van der Waals surface area contributed by atoms with Gasteiger partial charge in [-0.15, -0.1) is 0 Å². The number of carbonyl (C=O) groups excluding carboxylic acids is 4. The van der Waals surface area contributed by atoms with Gasteiger partial charge < -0.3 is 15.1 Å². The van der Waals surface area contributed by atoms with Crippen LogP contribution in [0.2, 0.25) is 0 Å². The van der Waals surface area contributed by atoms with Gasteiger partial charge in [-0.1, -0.05) is 28.8 Å². The molecule has 0 unspecified atom stereocenters. The molecule has 0 saturated heterocycles. The number of nitrogens with one attached hydrogen (secondary N) is 1. The molecular weight excluding hydrogens is 350 g/mol. The Balaban J connectivity index is 1.87. The predicted octanol–water partition coefficient (Wildman–Crippen LogP) is 2.46. The number of fused-ring (bicyclic) bond motifs is 1. The quantitative estimate of drug-likeness (QED) is 0.841. The van der Waals surface area contributed by atoms with E-state index in [4.69, 9.17) is 4.84 Å². The Hall–Kier alpha value is -3.68. The smallest absolute Gasteiger partial charge is 0.331 e. The summed E-state index contributed by atoms with van der Waals surface area (Å²) >= 11 is 0. The number of hydrogen-bond acceptors (Lipinski definition) is 5. The van der Waals surface area contributed by atoms with Crippen molar-refractivity contribution >= 4 is 29.5 Å². The van der Waals surface area contributed by atoms with E-state index >= 15 is 0 Å². The van der Waals surface area contributed by atoms with Gasteiger partial charge >= 0.3 is 12.0 Å². The van der Waals surface area contributed by atoms with Gasteiger partial charge in [-0.05, 0) is 31.2 Å². The largest absolute Gasteiger partial charge is 0.366 e. The van der Waals surface area contributed by atoms with Gasteiger partial charge in [0.05, 0.1) is 22.4 Å². The van der Waals surface area contributed by atoms with Crippen molar-refractivity contribution in [1.82, 2.24) is 9.96 Å². The number of urea groups is 1. The maximum absolute atomic E-state index is 12.6. The summed E-state index contributed by atoms with van der Waals surface area (Å²) in [7, 11) is 3.11. The fraction of sp³-hybridized carbons (Fsp3) is 0.158. The van der Waals surface area contributed by atoms with Crippen LogP contribution in [-0.4, -0.2) is 47.9 Å². The van der Waals surface area contributed by atoms with Gasteiger partial charge in [0.2, 0.25) is 0 Å². The number of rotatable bonds is 3. The lowest BCUT2D eigenvalue weighted by molar-refractivity contribution is -0.0583. The van der Waals surface area contributed by atoms with Gasteiger partial charge in [0.1, 0.15) is 0 Å². The first kappa shape index (κ1) is 18.1. The Morgan fingerprint density at radius 3 is 2.15 bits per heavy atom. The summed E-state index contributed by atoms with van der Waals surface area (Å²) in [6.07, 6.45) is 0. The van der Waals surface area contributed by atoms with Gasteiger partial charge in [0.25, 0.3) is 11.8 Å². The zero-order valence-electron chi connectivity index (χ0n) is 15.0. The molecule has 8 heteroatoms.